The third-order valence-electron chi connectivity index (χ3n) is 3.50. The van der Waals surface area contributed by atoms with Gasteiger partial charge in [-0.15, -0.1) is 35.3 Å². The summed E-state index contributed by atoms with van der Waals surface area (Å²) in [6, 6.07) is 13.3. The second-order valence-corrected chi connectivity index (χ2v) is 6.56. The molecule has 5 nitrogen and oxygen atoms in total. The summed E-state index contributed by atoms with van der Waals surface area (Å²) >= 11 is 1.53. The summed E-state index contributed by atoms with van der Waals surface area (Å²) < 4.78 is 0. The Morgan fingerprint density at radius 1 is 1.28 bits per heavy atom. The molecule has 0 aliphatic rings. The van der Waals surface area contributed by atoms with Gasteiger partial charge in [0.05, 0.1) is 24.7 Å². The summed E-state index contributed by atoms with van der Waals surface area (Å²) in [5.74, 6) is 0.652. The maximum Gasteiger partial charge on any atom is 0.191 e. The monoisotopic (exact) mass is 470 g/mol. The second kappa shape index (κ2) is 10.4. The van der Waals surface area contributed by atoms with E-state index < -0.39 is 5.60 Å². The van der Waals surface area contributed by atoms with Gasteiger partial charge in [0.1, 0.15) is 5.60 Å². The van der Waals surface area contributed by atoms with Crippen LogP contribution in [-0.2, 0) is 12.1 Å². The van der Waals surface area contributed by atoms with Crippen molar-refractivity contribution in [1.82, 2.24) is 10.6 Å². The lowest BCUT2D eigenvalue weighted by atomic mass is 10.1. The van der Waals surface area contributed by atoms with Crippen molar-refractivity contribution in [2.45, 2.75) is 26.0 Å². The van der Waals surface area contributed by atoms with Crippen molar-refractivity contribution in [3.05, 3.63) is 57.8 Å². The van der Waals surface area contributed by atoms with E-state index in [1.54, 1.807) is 19.1 Å². The Morgan fingerprint density at radius 2 is 2.00 bits per heavy atom. The number of hydrogen-bond donors (Lipinski definition) is 3. The number of aliphatic hydroxyl groups is 1. The third-order valence-corrected chi connectivity index (χ3v) is 4.62. The SMILES string of the molecule is CCNC(=NCc1ccc(C#N)cc1)NCC(C)(O)c1cccs1.I. The molecule has 3 N–H and O–H groups in total. The number of aliphatic imine (C=N–C) groups is 1. The molecule has 2 rings (SSSR count). The number of benzene rings is 1. The molecule has 0 saturated carbocycles. The van der Waals surface area contributed by atoms with Crippen LogP contribution in [-0.4, -0.2) is 24.2 Å². The first kappa shape index (κ1) is 21.4. The maximum atomic E-state index is 10.6. The van der Waals surface area contributed by atoms with Crippen LogP contribution in [0.4, 0.5) is 0 Å². The van der Waals surface area contributed by atoms with Gasteiger partial charge in [-0.05, 0) is 43.0 Å². The van der Waals surface area contributed by atoms with Crippen molar-refractivity contribution in [2.24, 2.45) is 4.99 Å². The lowest BCUT2D eigenvalue weighted by Crippen LogP contribution is -2.44. The van der Waals surface area contributed by atoms with Gasteiger partial charge in [0.25, 0.3) is 0 Å². The van der Waals surface area contributed by atoms with E-state index >= 15 is 0 Å². The standard InChI is InChI=1S/C18H22N4OS.HI/c1-3-20-17(21-12-15-8-6-14(11-19)7-9-15)22-13-18(2,23)16-5-4-10-24-16;/h4-10,23H,3,12-13H2,1-2H3,(H2,20,21,22);1H. The minimum Gasteiger partial charge on any atom is -0.383 e. The Morgan fingerprint density at radius 3 is 2.56 bits per heavy atom. The Bertz CT molecular complexity index is 706. The van der Waals surface area contributed by atoms with Gasteiger partial charge in [0.15, 0.2) is 5.96 Å². The zero-order valence-corrected chi connectivity index (χ0v) is 17.5. The van der Waals surface area contributed by atoms with Gasteiger partial charge in [-0.25, -0.2) is 4.99 Å². The van der Waals surface area contributed by atoms with E-state index in [9.17, 15) is 5.11 Å². The highest BCUT2D eigenvalue weighted by molar-refractivity contribution is 14.0. The fourth-order valence-corrected chi connectivity index (χ4v) is 2.91. The van der Waals surface area contributed by atoms with Crippen LogP contribution in [0.25, 0.3) is 0 Å². The first-order valence-corrected chi connectivity index (χ1v) is 8.70. The predicted molar refractivity (Wildman–Crippen MR) is 113 cm³/mol. The minimum atomic E-state index is -0.946. The fourth-order valence-electron chi connectivity index (χ4n) is 2.12. The molecule has 0 aliphatic heterocycles. The van der Waals surface area contributed by atoms with Crippen molar-refractivity contribution in [1.29, 1.82) is 5.26 Å². The van der Waals surface area contributed by atoms with Crippen LogP contribution >= 0.6 is 35.3 Å². The minimum absolute atomic E-state index is 0. The number of rotatable bonds is 6. The van der Waals surface area contributed by atoms with E-state index in [1.807, 2.05) is 36.6 Å². The largest absolute Gasteiger partial charge is 0.383 e. The van der Waals surface area contributed by atoms with E-state index in [-0.39, 0.29) is 24.0 Å². The average Bonchev–Trinajstić information content (AvgIpc) is 3.13. The molecule has 0 fully saturated rings. The van der Waals surface area contributed by atoms with Crippen LogP contribution in [0, 0.1) is 11.3 Å². The molecular weight excluding hydrogens is 447 g/mol. The highest BCUT2D eigenvalue weighted by Crippen LogP contribution is 2.24. The first-order valence-electron chi connectivity index (χ1n) is 7.82. The highest BCUT2D eigenvalue weighted by atomic mass is 127. The molecule has 1 atom stereocenters. The van der Waals surface area contributed by atoms with Gasteiger partial charge >= 0.3 is 0 Å². The van der Waals surface area contributed by atoms with Crippen LogP contribution in [0.1, 0.15) is 29.9 Å². The third kappa shape index (κ3) is 6.65. The van der Waals surface area contributed by atoms with Crippen LogP contribution in [0.3, 0.4) is 0 Å². The highest BCUT2D eigenvalue weighted by Gasteiger charge is 2.24. The van der Waals surface area contributed by atoms with Gasteiger partial charge < -0.3 is 15.7 Å². The molecule has 25 heavy (non-hydrogen) atoms. The van der Waals surface area contributed by atoms with E-state index in [4.69, 9.17) is 5.26 Å². The molecule has 0 bridgehead atoms. The Kier molecular flexibility index (Phi) is 8.89. The van der Waals surface area contributed by atoms with E-state index in [1.165, 1.54) is 11.3 Å². The second-order valence-electron chi connectivity index (χ2n) is 5.61. The van der Waals surface area contributed by atoms with E-state index in [0.717, 1.165) is 17.0 Å². The van der Waals surface area contributed by atoms with Gasteiger partial charge in [0.2, 0.25) is 0 Å². The summed E-state index contributed by atoms with van der Waals surface area (Å²) in [6.07, 6.45) is 0. The van der Waals surface area contributed by atoms with Crippen molar-refractivity contribution >= 4 is 41.3 Å². The lowest BCUT2D eigenvalue weighted by Gasteiger charge is -2.23. The molecule has 2 aromatic rings. The Labute approximate surface area is 169 Å². The first-order chi connectivity index (χ1) is 11.5. The topological polar surface area (TPSA) is 80.4 Å². The average molecular weight is 470 g/mol. The van der Waals surface area contributed by atoms with Crippen LogP contribution in [0.5, 0.6) is 0 Å². The molecule has 0 spiro atoms. The zero-order valence-electron chi connectivity index (χ0n) is 14.3. The Hall–Kier alpha value is -1.63. The summed E-state index contributed by atoms with van der Waals surface area (Å²) in [4.78, 5) is 5.44. The van der Waals surface area contributed by atoms with Crippen LogP contribution in [0.15, 0.2) is 46.8 Å². The van der Waals surface area contributed by atoms with E-state index in [2.05, 4.69) is 21.7 Å². The molecule has 0 saturated heterocycles. The quantitative estimate of drug-likeness (QED) is 0.344. The summed E-state index contributed by atoms with van der Waals surface area (Å²) in [5.41, 5.74) is 0.717. The van der Waals surface area contributed by atoms with Crippen molar-refractivity contribution < 1.29 is 5.11 Å². The van der Waals surface area contributed by atoms with Gasteiger partial charge in [-0.3, -0.25) is 0 Å². The molecule has 134 valence electrons. The normalized spacial score (nSPS) is 13.3. The molecule has 0 aliphatic carbocycles. The van der Waals surface area contributed by atoms with Crippen molar-refractivity contribution in [3.8, 4) is 6.07 Å². The van der Waals surface area contributed by atoms with Crippen LogP contribution in [0.2, 0.25) is 0 Å². The molecule has 0 radical (unpaired) electrons. The smallest absolute Gasteiger partial charge is 0.191 e. The van der Waals surface area contributed by atoms with Gasteiger partial charge in [0, 0.05) is 11.4 Å². The van der Waals surface area contributed by atoms with Crippen molar-refractivity contribution in [2.75, 3.05) is 13.1 Å². The summed E-state index contributed by atoms with van der Waals surface area (Å²) in [6.45, 7) is 5.39. The lowest BCUT2D eigenvalue weighted by molar-refractivity contribution is 0.0655. The van der Waals surface area contributed by atoms with Gasteiger partial charge in [-0.2, -0.15) is 5.26 Å². The summed E-state index contributed by atoms with van der Waals surface area (Å²) in [5, 5.41) is 27.7. The molecule has 1 heterocycles. The molecule has 1 unspecified atom stereocenters. The van der Waals surface area contributed by atoms with Gasteiger partial charge in [-0.1, -0.05) is 18.2 Å². The molecule has 1 aromatic heterocycles. The molecule has 0 amide bonds. The molecule has 1 aromatic carbocycles. The fraction of sp³-hybridized carbons (Fsp3) is 0.333. The molecular formula is C18H23IN4OS. The number of nitriles is 1. The summed E-state index contributed by atoms with van der Waals surface area (Å²) in [7, 11) is 0. The Balaban J connectivity index is 0.00000312. The maximum absolute atomic E-state index is 10.6. The number of nitrogens with zero attached hydrogens (tertiary/aromatic N) is 2. The van der Waals surface area contributed by atoms with Crippen LogP contribution < -0.4 is 10.6 Å². The molecule has 7 heteroatoms. The number of thiophene rings is 1. The zero-order chi connectivity index (χ0) is 17.4. The number of hydrogen-bond acceptors (Lipinski definition) is 4. The number of guanidine groups is 1. The predicted octanol–water partition coefficient (Wildman–Crippen LogP) is 3.20. The number of halogens is 1. The number of nitrogens with one attached hydrogen (secondary N) is 2. The van der Waals surface area contributed by atoms with Crippen molar-refractivity contribution in [3.63, 3.8) is 0 Å². The van der Waals surface area contributed by atoms with E-state index in [0.29, 0.717) is 24.6 Å².